The number of anilines is 1. The van der Waals surface area contributed by atoms with Crippen molar-refractivity contribution in [2.24, 2.45) is 0 Å². The van der Waals surface area contributed by atoms with E-state index in [4.69, 9.17) is 0 Å². The first kappa shape index (κ1) is 11.9. The summed E-state index contributed by atoms with van der Waals surface area (Å²) in [6, 6.07) is 10.1. The largest absolute Gasteiger partial charge is 0.334 e. The van der Waals surface area contributed by atoms with Gasteiger partial charge in [-0.1, -0.05) is 18.2 Å². The first-order valence-corrected chi connectivity index (χ1v) is 6.10. The molecule has 2 rings (SSSR count). The number of hydrogen-bond donors (Lipinski definition) is 3. The number of nitrogens with one attached hydrogen (secondary N) is 3. The number of rotatable bonds is 2. The molecule has 0 bridgehead atoms. The molecule has 1 fully saturated rings. The first-order valence-electron chi connectivity index (χ1n) is 6.10. The Labute approximate surface area is 102 Å². The van der Waals surface area contributed by atoms with Crippen molar-refractivity contribution < 1.29 is 4.79 Å². The number of piperidine rings is 1. The molecule has 3 N–H and O–H groups in total. The van der Waals surface area contributed by atoms with Gasteiger partial charge in [-0.25, -0.2) is 4.79 Å². The molecule has 1 saturated heterocycles. The molecule has 0 saturated carbocycles. The predicted molar refractivity (Wildman–Crippen MR) is 69.1 cm³/mol. The maximum atomic E-state index is 11.7. The summed E-state index contributed by atoms with van der Waals surface area (Å²) in [6.45, 7) is 3.02. The Morgan fingerprint density at radius 2 is 2.06 bits per heavy atom. The molecule has 1 aromatic rings. The summed E-state index contributed by atoms with van der Waals surface area (Å²) in [6.07, 6.45) is 2.15. The zero-order chi connectivity index (χ0) is 12.1. The fraction of sp³-hybridized carbons (Fsp3) is 0.462. The van der Waals surface area contributed by atoms with Crippen LogP contribution in [0.25, 0.3) is 0 Å². The number of benzene rings is 1. The molecule has 1 aliphatic heterocycles. The topological polar surface area (TPSA) is 53.2 Å². The van der Waals surface area contributed by atoms with Gasteiger partial charge in [-0.2, -0.15) is 0 Å². The van der Waals surface area contributed by atoms with Crippen molar-refractivity contribution in [3.63, 3.8) is 0 Å². The molecule has 4 nitrogen and oxygen atoms in total. The molecule has 0 radical (unpaired) electrons. The number of carbonyl (C=O) groups is 1. The Balaban J connectivity index is 1.78. The molecule has 1 aliphatic rings. The molecule has 4 heteroatoms. The number of hydrogen-bond acceptors (Lipinski definition) is 2. The van der Waals surface area contributed by atoms with E-state index in [9.17, 15) is 4.79 Å². The minimum Gasteiger partial charge on any atom is -0.334 e. The van der Waals surface area contributed by atoms with E-state index >= 15 is 0 Å². The Morgan fingerprint density at radius 1 is 1.29 bits per heavy atom. The second kappa shape index (κ2) is 5.68. The molecule has 1 aromatic carbocycles. The van der Waals surface area contributed by atoms with Crippen LogP contribution in [0.3, 0.4) is 0 Å². The minimum absolute atomic E-state index is 0.127. The molecule has 0 spiro atoms. The SMILES string of the molecule is CC1CCC(NC(=O)Nc2ccccc2)CN1. The summed E-state index contributed by atoms with van der Waals surface area (Å²) >= 11 is 0. The lowest BCUT2D eigenvalue weighted by Crippen LogP contribution is -2.49. The molecular formula is C13H19N3O. The van der Waals surface area contributed by atoms with Crippen LogP contribution in [0.4, 0.5) is 10.5 Å². The van der Waals surface area contributed by atoms with Crippen LogP contribution < -0.4 is 16.0 Å². The molecule has 1 heterocycles. The Hall–Kier alpha value is -1.55. The van der Waals surface area contributed by atoms with Gasteiger partial charge in [0.15, 0.2) is 0 Å². The van der Waals surface area contributed by atoms with E-state index in [-0.39, 0.29) is 12.1 Å². The van der Waals surface area contributed by atoms with Crippen molar-refractivity contribution in [1.29, 1.82) is 0 Å². The third kappa shape index (κ3) is 3.75. The summed E-state index contributed by atoms with van der Waals surface area (Å²) in [7, 11) is 0. The van der Waals surface area contributed by atoms with E-state index in [0.717, 1.165) is 25.1 Å². The predicted octanol–water partition coefficient (Wildman–Crippen LogP) is 1.95. The van der Waals surface area contributed by atoms with Gasteiger partial charge in [0.05, 0.1) is 0 Å². The Bertz CT molecular complexity index is 358. The maximum Gasteiger partial charge on any atom is 0.319 e. The zero-order valence-corrected chi connectivity index (χ0v) is 10.1. The molecular weight excluding hydrogens is 214 g/mol. The molecule has 0 aliphatic carbocycles. The second-order valence-corrected chi connectivity index (χ2v) is 4.55. The van der Waals surface area contributed by atoms with Gasteiger partial charge in [0.1, 0.15) is 0 Å². The van der Waals surface area contributed by atoms with Crippen molar-refractivity contribution in [1.82, 2.24) is 10.6 Å². The van der Waals surface area contributed by atoms with Gasteiger partial charge in [-0.3, -0.25) is 0 Å². The van der Waals surface area contributed by atoms with Crippen LogP contribution in [-0.2, 0) is 0 Å². The summed E-state index contributed by atoms with van der Waals surface area (Å²) in [5.41, 5.74) is 0.821. The highest BCUT2D eigenvalue weighted by atomic mass is 16.2. The molecule has 0 aromatic heterocycles. The quantitative estimate of drug-likeness (QED) is 0.731. The third-order valence-corrected chi connectivity index (χ3v) is 3.03. The fourth-order valence-corrected chi connectivity index (χ4v) is 2.00. The van der Waals surface area contributed by atoms with Gasteiger partial charge in [0.2, 0.25) is 0 Å². The highest BCUT2D eigenvalue weighted by Gasteiger charge is 2.18. The van der Waals surface area contributed by atoms with E-state index in [1.807, 2.05) is 30.3 Å². The monoisotopic (exact) mass is 233 g/mol. The van der Waals surface area contributed by atoms with Crippen LogP contribution in [0.5, 0.6) is 0 Å². The van der Waals surface area contributed by atoms with Gasteiger partial charge in [-0.15, -0.1) is 0 Å². The highest BCUT2D eigenvalue weighted by Crippen LogP contribution is 2.08. The second-order valence-electron chi connectivity index (χ2n) is 4.55. The van der Waals surface area contributed by atoms with E-state index in [0.29, 0.717) is 6.04 Å². The first-order chi connectivity index (χ1) is 8.24. The standard InChI is InChI=1S/C13H19N3O/c1-10-7-8-12(9-14-10)16-13(17)15-11-5-3-2-4-6-11/h2-6,10,12,14H,7-9H2,1H3,(H2,15,16,17). The summed E-state index contributed by atoms with van der Waals surface area (Å²) in [5, 5.41) is 9.16. The van der Waals surface area contributed by atoms with Gasteiger partial charge >= 0.3 is 6.03 Å². The van der Waals surface area contributed by atoms with Gasteiger partial charge in [0, 0.05) is 24.3 Å². The van der Waals surface area contributed by atoms with Gasteiger partial charge in [-0.05, 0) is 31.9 Å². The van der Waals surface area contributed by atoms with Crippen LogP contribution in [0.1, 0.15) is 19.8 Å². The fourth-order valence-electron chi connectivity index (χ4n) is 2.00. The molecule has 92 valence electrons. The Morgan fingerprint density at radius 3 is 2.71 bits per heavy atom. The van der Waals surface area contributed by atoms with Crippen molar-refractivity contribution in [2.75, 3.05) is 11.9 Å². The number of carbonyl (C=O) groups excluding carboxylic acids is 1. The summed E-state index contributed by atoms with van der Waals surface area (Å²) in [5.74, 6) is 0. The number of amides is 2. The molecule has 2 atom stereocenters. The lowest BCUT2D eigenvalue weighted by Gasteiger charge is -2.28. The van der Waals surface area contributed by atoms with E-state index in [1.54, 1.807) is 0 Å². The molecule has 2 unspecified atom stereocenters. The Kier molecular flexibility index (Phi) is 3.98. The highest BCUT2D eigenvalue weighted by molar-refractivity contribution is 5.89. The van der Waals surface area contributed by atoms with Crippen molar-refractivity contribution in [2.45, 2.75) is 31.8 Å². The number of urea groups is 1. The van der Waals surface area contributed by atoms with Crippen molar-refractivity contribution >= 4 is 11.7 Å². The average molecular weight is 233 g/mol. The normalized spacial score (nSPS) is 24.1. The van der Waals surface area contributed by atoms with Gasteiger partial charge in [0.25, 0.3) is 0 Å². The zero-order valence-electron chi connectivity index (χ0n) is 10.1. The molecule has 17 heavy (non-hydrogen) atoms. The van der Waals surface area contributed by atoms with E-state index in [2.05, 4.69) is 22.9 Å². The van der Waals surface area contributed by atoms with Gasteiger partial charge < -0.3 is 16.0 Å². The smallest absolute Gasteiger partial charge is 0.319 e. The van der Waals surface area contributed by atoms with Crippen molar-refractivity contribution in [3.05, 3.63) is 30.3 Å². The average Bonchev–Trinajstić information content (AvgIpc) is 2.33. The summed E-state index contributed by atoms with van der Waals surface area (Å²) < 4.78 is 0. The number of para-hydroxylation sites is 1. The van der Waals surface area contributed by atoms with E-state index < -0.39 is 0 Å². The lowest BCUT2D eigenvalue weighted by atomic mass is 10.0. The van der Waals surface area contributed by atoms with E-state index in [1.165, 1.54) is 0 Å². The maximum absolute atomic E-state index is 11.7. The molecule has 2 amide bonds. The van der Waals surface area contributed by atoms with Crippen LogP contribution in [-0.4, -0.2) is 24.7 Å². The van der Waals surface area contributed by atoms with Crippen LogP contribution in [0, 0.1) is 0 Å². The minimum atomic E-state index is -0.127. The van der Waals surface area contributed by atoms with Crippen LogP contribution >= 0.6 is 0 Å². The van der Waals surface area contributed by atoms with Crippen LogP contribution in [0.15, 0.2) is 30.3 Å². The third-order valence-electron chi connectivity index (χ3n) is 3.03. The lowest BCUT2D eigenvalue weighted by molar-refractivity contribution is 0.243. The van der Waals surface area contributed by atoms with Crippen LogP contribution in [0.2, 0.25) is 0 Å². The van der Waals surface area contributed by atoms with Crippen molar-refractivity contribution in [3.8, 4) is 0 Å². The summed E-state index contributed by atoms with van der Waals surface area (Å²) in [4.78, 5) is 11.7.